The minimum Gasteiger partial charge on any atom is -0.491 e. The molecular formula is C17H25N3O3. The Morgan fingerprint density at radius 2 is 2.17 bits per heavy atom. The first-order valence-electron chi connectivity index (χ1n) is 7.86. The smallest absolute Gasteiger partial charge is 0.119 e. The Labute approximate surface area is 137 Å². The number of aliphatic hydroxyl groups excluding tert-OH is 1. The maximum Gasteiger partial charge on any atom is 0.119 e. The number of aliphatic hydroxyl groups is 1. The van der Waals surface area contributed by atoms with Gasteiger partial charge in [-0.3, -0.25) is 4.90 Å². The quantitative estimate of drug-likeness (QED) is 0.792. The molecule has 0 amide bonds. The highest BCUT2D eigenvalue weighted by Gasteiger charge is 2.22. The van der Waals surface area contributed by atoms with E-state index in [1.165, 1.54) is 0 Å². The second kappa shape index (κ2) is 8.85. The molecule has 0 unspecified atom stereocenters. The molecule has 1 saturated heterocycles. The van der Waals surface area contributed by atoms with Crippen molar-refractivity contribution in [2.24, 2.45) is 0 Å². The van der Waals surface area contributed by atoms with Crippen molar-refractivity contribution in [2.45, 2.75) is 12.2 Å². The Morgan fingerprint density at radius 1 is 1.43 bits per heavy atom. The molecule has 1 fully saturated rings. The van der Waals surface area contributed by atoms with Gasteiger partial charge in [-0.1, -0.05) is 0 Å². The minimum atomic E-state index is -0.552. The molecule has 0 aliphatic carbocycles. The lowest BCUT2D eigenvalue weighted by molar-refractivity contribution is -0.0519. The lowest BCUT2D eigenvalue weighted by Gasteiger charge is -2.35. The maximum atomic E-state index is 10.2. The second-order valence-electron chi connectivity index (χ2n) is 6.12. The standard InChI is InChI=1S/C17H25N3O3/c1-19(2)11-17-12-20(7-8-22-17)10-15(21)13-23-16-5-3-14(9-18)4-6-16/h3-6,15,17,21H,7-8,10-13H2,1-2H3/t15-,17-/m1/s1. The number of β-amino-alcohol motifs (C(OH)–C–C–N with tert-alkyl or cyclic N) is 1. The van der Waals surface area contributed by atoms with E-state index in [-0.39, 0.29) is 12.7 Å². The molecular weight excluding hydrogens is 294 g/mol. The largest absolute Gasteiger partial charge is 0.491 e. The summed E-state index contributed by atoms with van der Waals surface area (Å²) in [4.78, 5) is 4.32. The van der Waals surface area contributed by atoms with Crippen molar-refractivity contribution >= 4 is 0 Å². The van der Waals surface area contributed by atoms with Crippen LogP contribution in [0.2, 0.25) is 0 Å². The molecule has 0 radical (unpaired) electrons. The van der Waals surface area contributed by atoms with E-state index >= 15 is 0 Å². The Hall–Kier alpha value is -1.65. The van der Waals surface area contributed by atoms with Gasteiger partial charge in [0.05, 0.1) is 24.3 Å². The van der Waals surface area contributed by atoms with E-state index in [1.807, 2.05) is 14.1 Å². The molecule has 6 heteroatoms. The van der Waals surface area contributed by atoms with Crippen molar-refractivity contribution in [3.8, 4) is 11.8 Å². The molecule has 2 atom stereocenters. The van der Waals surface area contributed by atoms with Crippen LogP contribution in [0.3, 0.4) is 0 Å². The van der Waals surface area contributed by atoms with Crippen LogP contribution in [0.15, 0.2) is 24.3 Å². The molecule has 1 aliphatic heterocycles. The molecule has 1 aromatic rings. The summed E-state index contributed by atoms with van der Waals surface area (Å²) in [6.07, 6.45) is -0.367. The Bertz CT molecular complexity index is 513. The SMILES string of the molecule is CN(C)C[C@@H]1CN(C[C@@H](O)COc2ccc(C#N)cc2)CCO1. The zero-order chi connectivity index (χ0) is 16.7. The van der Waals surface area contributed by atoms with Crippen molar-refractivity contribution < 1.29 is 14.6 Å². The number of ether oxygens (including phenoxy) is 2. The summed E-state index contributed by atoms with van der Waals surface area (Å²) in [5.41, 5.74) is 0.596. The van der Waals surface area contributed by atoms with Crippen LogP contribution < -0.4 is 4.74 Å². The molecule has 0 aromatic heterocycles. The molecule has 0 saturated carbocycles. The highest BCUT2D eigenvalue weighted by molar-refractivity contribution is 5.34. The Kier molecular flexibility index (Phi) is 6.81. The van der Waals surface area contributed by atoms with Crippen molar-refractivity contribution in [2.75, 3.05) is 53.5 Å². The zero-order valence-corrected chi connectivity index (χ0v) is 13.8. The number of hydrogen-bond donors (Lipinski definition) is 1. The normalized spacial score (nSPS) is 20.2. The number of hydrogen-bond acceptors (Lipinski definition) is 6. The lowest BCUT2D eigenvalue weighted by Crippen LogP contribution is -2.49. The number of likely N-dealkylation sites (N-methyl/N-ethyl adjacent to an activating group) is 1. The Morgan fingerprint density at radius 3 is 2.83 bits per heavy atom. The van der Waals surface area contributed by atoms with Gasteiger partial charge in [-0.25, -0.2) is 0 Å². The van der Waals surface area contributed by atoms with Crippen LogP contribution in [0.4, 0.5) is 0 Å². The first-order chi connectivity index (χ1) is 11.1. The number of rotatable bonds is 7. The molecule has 6 nitrogen and oxygen atoms in total. The van der Waals surface area contributed by atoms with Gasteiger partial charge < -0.3 is 19.5 Å². The van der Waals surface area contributed by atoms with Gasteiger partial charge in [0, 0.05) is 26.2 Å². The average molecular weight is 319 g/mol. The van der Waals surface area contributed by atoms with Crippen LogP contribution in [0.5, 0.6) is 5.75 Å². The fraction of sp³-hybridized carbons (Fsp3) is 0.588. The molecule has 0 bridgehead atoms. The number of morpholine rings is 1. The van der Waals surface area contributed by atoms with E-state index in [4.69, 9.17) is 14.7 Å². The van der Waals surface area contributed by atoms with Gasteiger partial charge in [-0.05, 0) is 38.4 Å². The van der Waals surface area contributed by atoms with E-state index in [0.29, 0.717) is 24.5 Å². The molecule has 1 aliphatic rings. The van der Waals surface area contributed by atoms with E-state index in [0.717, 1.165) is 19.6 Å². The first-order valence-corrected chi connectivity index (χ1v) is 7.86. The van der Waals surface area contributed by atoms with E-state index in [2.05, 4.69) is 15.9 Å². The van der Waals surface area contributed by atoms with Crippen LogP contribution >= 0.6 is 0 Å². The van der Waals surface area contributed by atoms with Crippen molar-refractivity contribution in [3.63, 3.8) is 0 Å². The topological polar surface area (TPSA) is 69.0 Å². The summed E-state index contributed by atoms with van der Waals surface area (Å²) in [6.45, 7) is 4.05. The number of benzene rings is 1. The van der Waals surface area contributed by atoms with Crippen LogP contribution in [0.25, 0.3) is 0 Å². The van der Waals surface area contributed by atoms with Crippen LogP contribution in [0, 0.1) is 11.3 Å². The second-order valence-corrected chi connectivity index (χ2v) is 6.12. The van der Waals surface area contributed by atoms with Gasteiger partial charge in [-0.2, -0.15) is 5.26 Å². The van der Waals surface area contributed by atoms with E-state index in [9.17, 15) is 5.11 Å². The van der Waals surface area contributed by atoms with Gasteiger partial charge in [0.2, 0.25) is 0 Å². The molecule has 23 heavy (non-hydrogen) atoms. The third-order valence-electron chi connectivity index (χ3n) is 3.69. The first kappa shape index (κ1) is 17.7. The van der Waals surface area contributed by atoms with Crippen molar-refractivity contribution in [1.29, 1.82) is 5.26 Å². The third kappa shape index (κ3) is 6.16. The Balaban J connectivity index is 1.73. The monoisotopic (exact) mass is 319 g/mol. The summed E-state index contributed by atoms with van der Waals surface area (Å²) in [5.74, 6) is 0.663. The van der Waals surface area contributed by atoms with Crippen LogP contribution in [0.1, 0.15) is 5.56 Å². The van der Waals surface area contributed by atoms with E-state index < -0.39 is 6.10 Å². The summed E-state index contributed by atoms with van der Waals surface area (Å²) in [7, 11) is 4.06. The maximum absolute atomic E-state index is 10.2. The predicted octanol–water partition coefficient (Wildman–Crippen LogP) is 0.560. The molecule has 126 valence electrons. The minimum absolute atomic E-state index is 0.186. The fourth-order valence-electron chi connectivity index (χ4n) is 2.63. The van der Waals surface area contributed by atoms with Crippen molar-refractivity contribution in [3.05, 3.63) is 29.8 Å². The van der Waals surface area contributed by atoms with Gasteiger partial charge in [0.1, 0.15) is 18.5 Å². The highest BCUT2D eigenvalue weighted by atomic mass is 16.5. The summed E-state index contributed by atoms with van der Waals surface area (Å²) in [5, 5.41) is 18.9. The predicted molar refractivity (Wildman–Crippen MR) is 87.4 cm³/mol. The van der Waals surface area contributed by atoms with Gasteiger partial charge >= 0.3 is 0 Å². The zero-order valence-electron chi connectivity index (χ0n) is 13.8. The van der Waals surface area contributed by atoms with Crippen LogP contribution in [-0.4, -0.2) is 80.6 Å². The summed E-state index contributed by atoms with van der Waals surface area (Å²) >= 11 is 0. The van der Waals surface area contributed by atoms with E-state index in [1.54, 1.807) is 24.3 Å². The summed E-state index contributed by atoms with van der Waals surface area (Å²) in [6, 6.07) is 8.96. The third-order valence-corrected chi connectivity index (χ3v) is 3.69. The fourth-order valence-corrected chi connectivity index (χ4v) is 2.63. The number of nitriles is 1. The molecule has 1 aromatic carbocycles. The van der Waals surface area contributed by atoms with Gasteiger partial charge in [-0.15, -0.1) is 0 Å². The molecule has 0 spiro atoms. The molecule has 1 N–H and O–H groups in total. The van der Waals surface area contributed by atoms with Crippen LogP contribution in [-0.2, 0) is 4.74 Å². The average Bonchev–Trinajstić information content (AvgIpc) is 2.53. The van der Waals surface area contributed by atoms with Gasteiger partial charge in [0.25, 0.3) is 0 Å². The summed E-state index contributed by atoms with van der Waals surface area (Å²) < 4.78 is 11.3. The highest BCUT2D eigenvalue weighted by Crippen LogP contribution is 2.12. The molecule has 2 rings (SSSR count). The van der Waals surface area contributed by atoms with Crippen molar-refractivity contribution in [1.82, 2.24) is 9.80 Å². The number of nitrogens with zero attached hydrogens (tertiary/aromatic N) is 3. The molecule has 1 heterocycles. The van der Waals surface area contributed by atoms with Gasteiger partial charge in [0.15, 0.2) is 0 Å². The lowest BCUT2D eigenvalue weighted by atomic mass is 10.2.